The van der Waals surface area contributed by atoms with E-state index >= 15 is 0 Å². The standard InChI is InChI=1S/C20H21FN2O3S.CH2O2/c1-23(2)16-8-13(9-17(23)19-18(16)26-19)25-20(24)22-15-4-3-12(21)7-14(15)11-5-6-27-10-11;2-1-3/h3-7,10,13,16-19H,8-9H2,1-2H3;1H,(H,2,3)/t13-,16-,17+,18-,19+;. The first kappa shape index (κ1) is 20.8. The summed E-state index contributed by atoms with van der Waals surface area (Å²) in [5, 5.41) is 14.9. The van der Waals surface area contributed by atoms with Crippen LogP contribution in [0.2, 0.25) is 0 Å². The smallest absolute Gasteiger partial charge is 0.411 e. The minimum Gasteiger partial charge on any atom is -0.554 e. The number of quaternary nitrogens is 1. The number of benzene rings is 1. The topological polar surface area (TPSA) is 91.0 Å². The number of likely N-dealkylation sites (N-methyl/N-ethyl adjacent to an activating group) is 1. The van der Waals surface area contributed by atoms with Crippen LogP contribution in [0.4, 0.5) is 14.9 Å². The molecule has 9 heteroatoms. The fourth-order valence-electron chi connectivity index (χ4n) is 4.87. The Labute approximate surface area is 177 Å². The second kappa shape index (κ2) is 7.98. The molecule has 0 aliphatic carbocycles. The van der Waals surface area contributed by atoms with Gasteiger partial charge in [-0.15, -0.1) is 0 Å². The van der Waals surface area contributed by atoms with Crippen molar-refractivity contribution in [2.75, 3.05) is 19.4 Å². The molecule has 5 rings (SSSR count). The predicted molar refractivity (Wildman–Crippen MR) is 107 cm³/mol. The molecule has 0 saturated carbocycles. The summed E-state index contributed by atoms with van der Waals surface area (Å²) in [6.07, 6.45) is 1.70. The third kappa shape index (κ3) is 3.80. The normalized spacial score (nSPS) is 29.8. The van der Waals surface area contributed by atoms with Crippen LogP contribution < -0.4 is 10.4 Å². The summed E-state index contributed by atoms with van der Waals surface area (Å²) < 4.78 is 26.2. The highest BCUT2D eigenvalue weighted by atomic mass is 32.1. The summed E-state index contributed by atoms with van der Waals surface area (Å²) in [5.74, 6) is -0.335. The van der Waals surface area contributed by atoms with Gasteiger partial charge in [0.05, 0.1) is 19.8 Å². The molecule has 1 aromatic carbocycles. The highest BCUT2D eigenvalue weighted by Gasteiger charge is 2.70. The van der Waals surface area contributed by atoms with E-state index in [2.05, 4.69) is 19.4 Å². The van der Waals surface area contributed by atoms with E-state index in [1.54, 1.807) is 6.07 Å². The quantitative estimate of drug-likeness (QED) is 0.455. The molecule has 0 spiro atoms. The molecule has 3 aliphatic rings. The summed E-state index contributed by atoms with van der Waals surface area (Å²) in [6, 6.07) is 7.04. The predicted octanol–water partition coefficient (Wildman–Crippen LogP) is 2.23. The van der Waals surface area contributed by atoms with Gasteiger partial charge in [0.15, 0.2) is 0 Å². The van der Waals surface area contributed by atoms with Crippen LogP contribution >= 0.6 is 11.3 Å². The van der Waals surface area contributed by atoms with Gasteiger partial charge in [-0.2, -0.15) is 11.3 Å². The van der Waals surface area contributed by atoms with Crippen LogP contribution in [0, 0.1) is 5.82 Å². The van der Waals surface area contributed by atoms with Gasteiger partial charge in [0.25, 0.3) is 0 Å². The number of morpholine rings is 1. The Morgan fingerprint density at radius 3 is 2.57 bits per heavy atom. The number of carbonyl (C=O) groups is 2. The number of amides is 1. The number of carbonyl (C=O) groups excluding carboxylic acids is 2. The Morgan fingerprint density at radius 1 is 1.30 bits per heavy atom. The molecule has 160 valence electrons. The third-order valence-corrected chi connectivity index (χ3v) is 7.05. The molecule has 4 heterocycles. The van der Waals surface area contributed by atoms with E-state index in [4.69, 9.17) is 19.4 Å². The molecule has 30 heavy (non-hydrogen) atoms. The zero-order valence-corrected chi connectivity index (χ0v) is 17.4. The summed E-state index contributed by atoms with van der Waals surface area (Å²) in [7, 11) is 4.49. The highest BCUT2D eigenvalue weighted by molar-refractivity contribution is 7.08. The Bertz CT molecular complexity index is 915. The van der Waals surface area contributed by atoms with Gasteiger partial charge in [0, 0.05) is 24.9 Å². The van der Waals surface area contributed by atoms with Crippen LogP contribution in [0.25, 0.3) is 11.1 Å². The first-order valence-electron chi connectivity index (χ1n) is 9.69. The summed E-state index contributed by atoms with van der Waals surface area (Å²) >= 11 is 1.53. The van der Waals surface area contributed by atoms with Crippen LogP contribution in [0.15, 0.2) is 35.0 Å². The molecule has 1 aromatic heterocycles. The van der Waals surface area contributed by atoms with Crippen molar-refractivity contribution in [2.45, 2.75) is 43.2 Å². The lowest BCUT2D eigenvalue weighted by molar-refractivity contribution is -0.938. The van der Waals surface area contributed by atoms with E-state index in [0.717, 1.165) is 22.9 Å². The Hall–Kier alpha value is -2.49. The molecule has 3 saturated heterocycles. The molecule has 1 N–H and O–H groups in total. The van der Waals surface area contributed by atoms with E-state index in [-0.39, 0.29) is 11.9 Å². The number of nitrogens with zero attached hydrogens (tertiary/aromatic N) is 1. The maximum Gasteiger partial charge on any atom is 0.411 e. The van der Waals surface area contributed by atoms with Gasteiger partial charge in [-0.25, -0.2) is 9.18 Å². The molecule has 3 aliphatic heterocycles. The van der Waals surface area contributed by atoms with Crippen molar-refractivity contribution in [1.82, 2.24) is 0 Å². The second-order valence-corrected chi connectivity index (χ2v) is 9.03. The van der Waals surface area contributed by atoms with Crippen LogP contribution in [-0.2, 0) is 14.3 Å². The van der Waals surface area contributed by atoms with E-state index in [1.165, 1.54) is 23.5 Å². The number of ether oxygens (including phenoxy) is 2. The first-order valence-corrected chi connectivity index (χ1v) is 10.6. The van der Waals surface area contributed by atoms with Crippen LogP contribution in [0.3, 0.4) is 0 Å². The average molecular weight is 434 g/mol. The number of nitrogens with one attached hydrogen (secondary N) is 1. The van der Waals surface area contributed by atoms with Gasteiger partial charge >= 0.3 is 6.09 Å². The maximum atomic E-state index is 13.7. The van der Waals surface area contributed by atoms with Gasteiger partial charge < -0.3 is 23.9 Å². The third-order valence-electron chi connectivity index (χ3n) is 6.36. The number of fused-ring (bicyclic) bond motifs is 5. The van der Waals surface area contributed by atoms with E-state index in [9.17, 15) is 9.18 Å². The van der Waals surface area contributed by atoms with Crippen molar-refractivity contribution in [3.63, 3.8) is 0 Å². The number of anilines is 1. The zero-order chi connectivity index (χ0) is 21.5. The number of halogens is 1. The molecule has 1 amide bonds. The lowest BCUT2D eigenvalue weighted by Gasteiger charge is -2.45. The lowest BCUT2D eigenvalue weighted by atomic mass is 9.96. The molecular weight excluding hydrogens is 411 g/mol. The Kier molecular flexibility index (Phi) is 5.52. The lowest BCUT2D eigenvalue weighted by Crippen LogP contribution is -2.60. The van der Waals surface area contributed by atoms with Crippen molar-refractivity contribution >= 4 is 29.6 Å². The van der Waals surface area contributed by atoms with E-state index < -0.39 is 12.6 Å². The molecule has 5 atom stereocenters. The first-order chi connectivity index (χ1) is 14.3. The number of thiophene rings is 1. The van der Waals surface area contributed by atoms with Gasteiger partial charge in [-0.3, -0.25) is 5.32 Å². The van der Waals surface area contributed by atoms with Crippen molar-refractivity contribution in [3.05, 3.63) is 40.8 Å². The SMILES string of the molecule is C[N+]1(C)[C@@H]2C[C@@H](OC(=O)Nc3ccc(F)cc3-c3ccsc3)C[C@H]1[C@@H]1O[C@@H]12.O=C[O-]. The number of rotatable bonds is 3. The number of hydrogen-bond donors (Lipinski definition) is 1. The summed E-state index contributed by atoms with van der Waals surface area (Å²) in [6.45, 7) is -0.500. The minimum atomic E-state index is -0.500. The largest absolute Gasteiger partial charge is 0.554 e. The molecule has 0 radical (unpaired) electrons. The summed E-state index contributed by atoms with van der Waals surface area (Å²) in [5.41, 5.74) is 2.09. The fraction of sp³-hybridized carbons (Fsp3) is 0.429. The molecule has 0 unspecified atom stereocenters. The maximum absolute atomic E-state index is 13.7. The zero-order valence-electron chi connectivity index (χ0n) is 16.6. The monoisotopic (exact) mass is 434 g/mol. The Balaban J connectivity index is 0.000000687. The number of piperidine rings is 1. The fourth-order valence-corrected chi connectivity index (χ4v) is 5.53. The molecular formula is C21H23FN2O5S. The van der Waals surface area contributed by atoms with Gasteiger partial charge in [-0.1, -0.05) is 0 Å². The van der Waals surface area contributed by atoms with Gasteiger partial charge in [-0.05, 0) is 40.6 Å². The Morgan fingerprint density at radius 2 is 1.97 bits per heavy atom. The molecule has 3 fully saturated rings. The van der Waals surface area contributed by atoms with E-state index in [0.29, 0.717) is 35.5 Å². The van der Waals surface area contributed by atoms with Crippen molar-refractivity contribution < 1.29 is 33.0 Å². The minimum absolute atomic E-state index is 0.104. The second-order valence-electron chi connectivity index (χ2n) is 8.25. The number of epoxide rings is 1. The van der Waals surface area contributed by atoms with Gasteiger partial charge in [0.2, 0.25) is 0 Å². The molecule has 2 bridgehead atoms. The highest BCUT2D eigenvalue weighted by Crippen LogP contribution is 2.51. The summed E-state index contributed by atoms with van der Waals surface area (Å²) in [4.78, 5) is 20.8. The van der Waals surface area contributed by atoms with Gasteiger partial charge in [0.1, 0.15) is 36.2 Å². The van der Waals surface area contributed by atoms with E-state index in [1.807, 2.05) is 16.8 Å². The van der Waals surface area contributed by atoms with Crippen LogP contribution in [0.1, 0.15) is 12.8 Å². The molecule has 7 nitrogen and oxygen atoms in total. The van der Waals surface area contributed by atoms with Crippen LogP contribution in [-0.4, -0.2) is 61.5 Å². The average Bonchev–Trinajstić information content (AvgIpc) is 3.24. The van der Waals surface area contributed by atoms with Crippen molar-refractivity contribution in [2.24, 2.45) is 0 Å². The molecule has 2 aromatic rings. The van der Waals surface area contributed by atoms with Crippen LogP contribution in [0.5, 0.6) is 0 Å². The van der Waals surface area contributed by atoms with Crippen molar-refractivity contribution in [3.8, 4) is 11.1 Å². The number of hydrogen-bond acceptors (Lipinski definition) is 6. The van der Waals surface area contributed by atoms with Crippen molar-refractivity contribution in [1.29, 1.82) is 0 Å². The number of carboxylic acid groups (broad SMARTS) is 1.